The number of hydrogen-bond donors (Lipinski definition) is 2. The third-order valence-corrected chi connectivity index (χ3v) is 6.14. The van der Waals surface area contributed by atoms with Crippen molar-refractivity contribution in [2.45, 2.75) is 38.2 Å². The summed E-state index contributed by atoms with van der Waals surface area (Å²) in [5, 5.41) is 12.8. The fraction of sp³-hybridized carbons (Fsp3) is 0.304. The molecule has 2 aromatic heterocycles. The molecule has 0 spiro atoms. The number of halogens is 2. The minimum atomic E-state index is -1.48. The fourth-order valence-electron chi connectivity index (χ4n) is 3.92. The first kappa shape index (κ1) is 21.6. The molecule has 2 heterocycles. The first-order chi connectivity index (χ1) is 14.8. The number of benzene rings is 1. The molecule has 6 nitrogen and oxygen atoms in total. The van der Waals surface area contributed by atoms with E-state index < -0.39 is 24.2 Å². The van der Waals surface area contributed by atoms with Crippen molar-refractivity contribution in [3.63, 3.8) is 0 Å². The van der Waals surface area contributed by atoms with Crippen LogP contribution in [0.1, 0.15) is 33.6 Å². The van der Waals surface area contributed by atoms with Crippen LogP contribution in [0, 0.1) is 19.8 Å². The van der Waals surface area contributed by atoms with E-state index in [1.807, 2.05) is 41.8 Å². The number of rotatable bonds is 6. The maximum absolute atomic E-state index is 14.4. The molecule has 1 saturated carbocycles. The summed E-state index contributed by atoms with van der Waals surface area (Å²) in [5.74, 6) is -0.408. The Kier molecular flexibility index (Phi) is 6.20. The summed E-state index contributed by atoms with van der Waals surface area (Å²) in [4.78, 5) is 21.4. The van der Waals surface area contributed by atoms with Crippen molar-refractivity contribution in [3.8, 4) is 0 Å². The van der Waals surface area contributed by atoms with Crippen LogP contribution in [-0.2, 0) is 6.54 Å². The molecule has 3 aromatic rings. The molecule has 1 aliphatic carbocycles. The predicted octanol–water partition coefficient (Wildman–Crippen LogP) is 3.96. The van der Waals surface area contributed by atoms with Gasteiger partial charge in [0.25, 0.3) is 0 Å². The van der Waals surface area contributed by atoms with Gasteiger partial charge in [0, 0.05) is 34.7 Å². The molecule has 161 valence electrons. The van der Waals surface area contributed by atoms with Crippen LogP contribution in [-0.4, -0.2) is 43.7 Å². The van der Waals surface area contributed by atoms with Gasteiger partial charge in [-0.2, -0.15) is 0 Å². The van der Waals surface area contributed by atoms with Gasteiger partial charge in [0.1, 0.15) is 18.3 Å². The number of hydrogen-bond acceptors (Lipinski definition) is 5. The number of alkyl halides is 1. The molecule has 1 radical (unpaired) electrons. The lowest BCUT2D eigenvalue weighted by Gasteiger charge is -2.18. The number of aryl methyl sites for hydroxylation is 1. The van der Waals surface area contributed by atoms with Gasteiger partial charge in [-0.15, -0.1) is 0 Å². The Morgan fingerprint density at radius 2 is 2.23 bits per heavy atom. The number of nitrogens with zero attached hydrogens (tertiary/aromatic N) is 3. The van der Waals surface area contributed by atoms with E-state index >= 15 is 0 Å². The molecule has 0 bridgehead atoms. The molecule has 1 aliphatic rings. The third kappa shape index (κ3) is 4.55. The lowest BCUT2D eigenvalue weighted by molar-refractivity contribution is 0.0793. The first-order valence-electron chi connectivity index (χ1n) is 10.0. The standard InChI is InChI=1S/C23H23BrFN4O2/c1-13-6-19(20(25)21(13)30)28-23-18(9-26-12-27-23)22(31)16-7-14(2)29(11-16)10-15-4-3-5-17(24)8-15/h3-5,7-9,11-13,19-21,30H,1,6,10H2,2H3,(H,26,27,28)/t13-,19-,20-,21-/m1/s1. The molecule has 1 aromatic carbocycles. The number of ketones is 1. The second kappa shape index (κ2) is 8.88. The van der Waals surface area contributed by atoms with Crippen molar-refractivity contribution in [1.82, 2.24) is 14.5 Å². The molecule has 1 fully saturated rings. The van der Waals surface area contributed by atoms with Crippen LogP contribution in [0.3, 0.4) is 0 Å². The summed E-state index contributed by atoms with van der Waals surface area (Å²) in [6.45, 7) is 6.35. The van der Waals surface area contributed by atoms with E-state index in [4.69, 9.17) is 0 Å². The summed E-state index contributed by atoms with van der Waals surface area (Å²) in [6.07, 6.45) is 2.28. The van der Waals surface area contributed by atoms with E-state index in [9.17, 15) is 14.3 Å². The number of carbonyl (C=O) groups excluding carboxylic acids is 1. The van der Waals surface area contributed by atoms with Crippen LogP contribution in [0.2, 0.25) is 0 Å². The molecule has 0 amide bonds. The van der Waals surface area contributed by atoms with Gasteiger partial charge in [-0.25, -0.2) is 14.4 Å². The van der Waals surface area contributed by atoms with E-state index in [2.05, 4.69) is 38.1 Å². The molecule has 0 saturated heterocycles. The Balaban J connectivity index is 1.57. The van der Waals surface area contributed by atoms with E-state index in [0.29, 0.717) is 18.5 Å². The van der Waals surface area contributed by atoms with Crippen LogP contribution in [0.5, 0.6) is 0 Å². The molecule has 0 unspecified atom stereocenters. The van der Waals surface area contributed by atoms with Crippen LogP contribution < -0.4 is 5.32 Å². The van der Waals surface area contributed by atoms with Crippen molar-refractivity contribution < 1.29 is 14.3 Å². The Morgan fingerprint density at radius 3 is 2.94 bits per heavy atom. The van der Waals surface area contributed by atoms with E-state index in [0.717, 1.165) is 15.7 Å². The third-order valence-electron chi connectivity index (χ3n) is 5.65. The zero-order valence-electron chi connectivity index (χ0n) is 17.0. The zero-order chi connectivity index (χ0) is 22.1. The topological polar surface area (TPSA) is 80.0 Å². The number of nitrogens with one attached hydrogen (secondary N) is 1. The van der Waals surface area contributed by atoms with Gasteiger partial charge in [0.2, 0.25) is 0 Å². The van der Waals surface area contributed by atoms with Gasteiger partial charge in [-0.05, 0) is 49.9 Å². The highest BCUT2D eigenvalue weighted by Crippen LogP contribution is 2.31. The Hall–Kier alpha value is -2.58. The molecule has 4 atom stereocenters. The van der Waals surface area contributed by atoms with E-state index in [1.54, 1.807) is 6.20 Å². The summed E-state index contributed by atoms with van der Waals surface area (Å²) >= 11 is 3.48. The van der Waals surface area contributed by atoms with E-state index in [1.165, 1.54) is 12.5 Å². The Morgan fingerprint density at radius 1 is 1.42 bits per heavy atom. The lowest BCUT2D eigenvalue weighted by Crippen LogP contribution is -2.32. The van der Waals surface area contributed by atoms with Crippen molar-refractivity contribution >= 4 is 27.5 Å². The minimum Gasteiger partial charge on any atom is -0.390 e. The fourth-order valence-corrected chi connectivity index (χ4v) is 4.36. The van der Waals surface area contributed by atoms with Crippen molar-refractivity contribution in [2.75, 3.05) is 5.32 Å². The van der Waals surface area contributed by atoms with Crippen molar-refractivity contribution in [3.05, 3.63) is 82.8 Å². The summed E-state index contributed by atoms with van der Waals surface area (Å²) < 4.78 is 17.4. The average Bonchev–Trinajstić information content (AvgIpc) is 3.22. The Bertz CT molecular complexity index is 1100. The van der Waals surface area contributed by atoms with Gasteiger partial charge in [-0.3, -0.25) is 4.79 Å². The zero-order valence-corrected chi connectivity index (χ0v) is 18.6. The molecule has 8 heteroatoms. The van der Waals surface area contributed by atoms with Gasteiger partial charge in [0.15, 0.2) is 5.78 Å². The lowest BCUT2D eigenvalue weighted by atomic mass is 10.1. The summed E-state index contributed by atoms with van der Waals surface area (Å²) in [5.41, 5.74) is 2.81. The number of aliphatic hydroxyl groups is 1. The molecule has 0 aliphatic heterocycles. The predicted molar refractivity (Wildman–Crippen MR) is 120 cm³/mol. The van der Waals surface area contributed by atoms with Crippen LogP contribution in [0.15, 0.2) is 53.5 Å². The molecule has 4 rings (SSSR count). The minimum absolute atomic E-state index is 0.251. The van der Waals surface area contributed by atoms with Gasteiger partial charge >= 0.3 is 0 Å². The second-order valence-electron chi connectivity index (χ2n) is 7.92. The molecular formula is C23H23BrFN4O2. The normalized spacial score (nSPS) is 23.1. The highest BCUT2D eigenvalue weighted by Gasteiger charge is 2.41. The van der Waals surface area contributed by atoms with Gasteiger partial charge in [-0.1, -0.05) is 28.1 Å². The van der Waals surface area contributed by atoms with Crippen molar-refractivity contribution in [1.29, 1.82) is 0 Å². The summed E-state index contributed by atoms with van der Waals surface area (Å²) in [7, 11) is 0. The number of anilines is 1. The quantitative estimate of drug-likeness (QED) is 0.516. The average molecular weight is 486 g/mol. The number of aliphatic hydroxyl groups excluding tert-OH is 1. The SMILES string of the molecule is [CH2][C@@H]1C[C@@H](Nc2ncncc2C(=O)c2cc(C)n(Cc3cccc(Br)c3)c2)[C@@H](F)[C@@H]1O. The number of aromatic nitrogens is 3. The second-order valence-corrected chi connectivity index (χ2v) is 8.84. The maximum Gasteiger partial charge on any atom is 0.199 e. The molecule has 2 N–H and O–H groups in total. The van der Waals surface area contributed by atoms with Crippen LogP contribution in [0.4, 0.5) is 10.2 Å². The van der Waals surface area contributed by atoms with Crippen LogP contribution in [0.25, 0.3) is 0 Å². The van der Waals surface area contributed by atoms with Gasteiger partial charge in [0.05, 0.1) is 17.7 Å². The Labute approximate surface area is 188 Å². The summed E-state index contributed by atoms with van der Waals surface area (Å²) in [6, 6.07) is 9.15. The monoisotopic (exact) mass is 485 g/mol. The van der Waals surface area contributed by atoms with Crippen LogP contribution >= 0.6 is 15.9 Å². The highest BCUT2D eigenvalue weighted by atomic mass is 79.9. The molecule has 31 heavy (non-hydrogen) atoms. The van der Waals surface area contributed by atoms with Crippen molar-refractivity contribution in [2.24, 2.45) is 5.92 Å². The number of carbonyl (C=O) groups is 1. The van der Waals surface area contributed by atoms with Gasteiger partial charge < -0.3 is 15.0 Å². The first-order valence-corrected chi connectivity index (χ1v) is 10.8. The molecular weight excluding hydrogens is 463 g/mol. The highest BCUT2D eigenvalue weighted by molar-refractivity contribution is 9.10. The smallest absolute Gasteiger partial charge is 0.199 e. The van der Waals surface area contributed by atoms with E-state index in [-0.39, 0.29) is 17.2 Å². The largest absolute Gasteiger partial charge is 0.390 e. The maximum atomic E-state index is 14.4.